The van der Waals surface area contributed by atoms with Crippen LogP contribution in [0.25, 0.3) is 0 Å². The lowest BCUT2D eigenvalue weighted by Gasteiger charge is -2.24. The SMILES string of the molecule is CCN(Cc1ccc2c(c1)OCO2)C(=O)NC(C)Cn1cccn1. The Hall–Kier alpha value is -2.70. The summed E-state index contributed by atoms with van der Waals surface area (Å²) in [5.74, 6) is 1.48. The first kappa shape index (κ1) is 16.2. The number of benzene rings is 1. The van der Waals surface area contributed by atoms with Gasteiger partial charge in [-0.05, 0) is 37.6 Å². The summed E-state index contributed by atoms with van der Waals surface area (Å²) in [6.45, 7) is 5.96. The summed E-state index contributed by atoms with van der Waals surface area (Å²) in [6.07, 6.45) is 3.61. The van der Waals surface area contributed by atoms with Crippen molar-refractivity contribution in [1.29, 1.82) is 0 Å². The van der Waals surface area contributed by atoms with Crippen molar-refractivity contribution in [2.24, 2.45) is 0 Å². The van der Waals surface area contributed by atoms with Crippen LogP contribution in [0.3, 0.4) is 0 Å². The molecule has 0 saturated heterocycles. The number of hydrogen-bond donors (Lipinski definition) is 1. The maximum absolute atomic E-state index is 12.5. The Balaban J connectivity index is 1.57. The fraction of sp³-hybridized carbons (Fsp3) is 0.412. The van der Waals surface area contributed by atoms with Gasteiger partial charge in [0.25, 0.3) is 0 Å². The summed E-state index contributed by atoms with van der Waals surface area (Å²) in [5, 5.41) is 7.17. The average molecular weight is 330 g/mol. The van der Waals surface area contributed by atoms with Gasteiger partial charge >= 0.3 is 6.03 Å². The molecule has 2 heterocycles. The Morgan fingerprint density at radius 2 is 2.25 bits per heavy atom. The van der Waals surface area contributed by atoms with Crippen LogP contribution in [0.15, 0.2) is 36.7 Å². The van der Waals surface area contributed by atoms with E-state index in [1.165, 1.54) is 0 Å². The van der Waals surface area contributed by atoms with E-state index in [1.54, 1.807) is 15.8 Å². The highest BCUT2D eigenvalue weighted by Gasteiger charge is 2.18. The summed E-state index contributed by atoms with van der Waals surface area (Å²) in [5.41, 5.74) is 1.01. The molecule has 0 spiro atoms. The van der Waals surface area contributed by atoms with Crippen molar-refractivity contribution in [1.82, 2.24) is 20.0 Å². The molecule has 0 radical (unpaired) electrons. The lowest BCUT2D eigenvalue weighted by molar-refractivity contribution is 0.173. The summed E-state index contributed by atoms with van der Waals surface area (Å²) in [7, 11) is 0. The molecular formula is C17H22N4O3. The molecule has 24 heavy (non-hydrogen) atoms. The molecule has 1 unspecified atom stereocenters. The van der Waals surface area contributed by atoms with Gasteiger partial charge in [0, 0.05) is 31.5 Å². The smallest absolute Gasteiger partial charge is 0.317 e. The third kappa shape index (κ3) is 3.79. The van der Waals surface area contributed by atoms with Crippen LogP contribution in [0.5, 0.6) is 11.5 Å². The fourth-order valence-corrected chi connectivity index (χ4v) is 2.62. The minimum Gasteiger partial charge on any atom is -0.454 e. The van der Waals surface area contributed by atoms with Crippen LogP contribution >= 0.6 is 0 Å². The van der Waals surface area contributed by atoms with E-state index in [-0.39, 0.29) is 18.9 Å². The number of aromatic nitrogens is 2. The quantitative estimate of drug-likeness (QED) is 0.882. The number of fused-ring (bicyclic) bond motifs is 1. The first-order valence-electron chi connectivity index (χ1n) is 8.07. The predicted octanol–water partition coefficient (Wildman–Crippen LogP) is 2.23. The number of rotatable bonds is 6. The van der Waals surface area contributed by atoms with E-state index < -0.39 is 0 Å². The van der Waals surface area contributed by atoms with Crippen LogP contribution in [0.2, 0.25) is 0 Å². The third-order valence-electron chi connectivity index (χ3n) is 3.87. The molecule has 1 aliphatic rings. The molecular weight excluding hydrogens is 308 g/mol. The van der Waals surface area contributed by atoms with Gasteiger partial charge in [0.1, 0.15) is 0 Å². The van der Waals surface area contributed by atoms with E-state index in [4.69, 9.17) is 9.47 Å². The van der Waals surface area contributed by atoms with Crippen LogP contribution in [0.1, 0.15) is 19.4 Å². The standard InChI is InChI=1S/C17H22N4O3/c1-3-20(11-14-5-6-15-16(9-14)24-12-23-15)17(22)19-13(2)10-21-8-4-7-18-21/h4-9,13H,3,10-12H2,1-2H3,(H,19,22). The lowest BCUT2D eigenvalue weighted by atomic mass is 10.2. The molecule has 1 aromatic carbocycles. The minimum absolute atomic E-state index is 0.0109. The number of nitrogens with one attached hydrogen (secondary N) is 1. The molecule has 2 amide bonds. The van der Waals surface area contributed by atoms with Crippen molar-refractivity contribution >= 4 is 6.03 Å². The number of carbonyl (C=O) groups excluding carboxylic acids is 1. The zero-order valence-electron chi connectivity index (χ0n) is 13.9. The predicted molar refractivity (Wildman–Crippen MR) is 88.9 cm³/mol. The topological polar surface area (TPSA) is 68.6 Å². The lowest BCUT2D eigenvalue weighted by Crippen LogP contribution is -2.44. The average Bonchev–Trinajstić information content (AvgIpc) is 3.23. The number of carbonyl (C=O) groups is 1. The highest BCUT2D eigenvalue weighted by Crippen LogP contribution is 2.32. The van der Waals surface area contributed by atoms with Gasteiger partial charge in [0.05, 0.1) is 6.54 Å². The summed E-state index contributed by atoms with van der Waals surface area (Å²) < 4.78 is 12.5. The van der Waals surface area contributed by atoms with E-state index in [9.17, 15) is 4.79 Å². The van der Waals surface area contributed by atoms with Gasteiger partial charge in [-0.2, -0.15) is 5.10 Å². The largest absolute Gasteiger partial charge is 0.454 e. The molecule has 2 aromatic rings. The van der Waals surface area contributed by atoms with Crippen LogP contribution in [-0.2, 0) is 13.1 Å². The van der Waals surface area contributed by atoms with Crippen LogP contribution < -0.4 is 14.8 Å². The monoisotopic (exact) mass is 330 g/mol. The second kappa shape index (κ2) is 7.25. The van der Waals surface area contributed by atoms with Crippen molar-refractivity contribution in [3.8, 4) is 11.5 Å². The van der Waals surface area contributed by atoms with Gasteiger partial charge in [-0.3, -0.25) is 4.68 Å². The van der Waals surface area contributed by atoms with Crippen LogP contribution in [0, 0.1) is 0 Å². The van der Waals surface area contributed by atoms with Gasteiger partial charge in [-0.1, -0.05) is 6.07 Å². The number of hydrogen-bond acceptors (Lipinski definition) is 4. The van der Waals surface area contributed by atoms with Crippen molar-refractivity contribution in [3.05, 3.63) is 42.2 Å². The molecule has 128 valence electrons. The van der Waals surface area contributed by atoms with E-state index in [0.717, 1.165) is 17.1 Å². The fourth-order valence-electron chi connectivity index (χ4n) is 2.62. The van der Waals surface area contributed by atoms with Crippen molar-refractivity contribution in [3.63, 3.8) is 0 Å². The van der Waals surface area contributed by atoms with Crippen molar-refractivity contribution < 1.29 is 14.3 Å². The van der Waals surface area contributed by atoms with Crippen molar-refractivity contribution in [2.45, 2.75) is 33.0 Å². The molecule has 0 saturated carbocycles. The Morgan fingerprint density at radius 3 is 3.00 bits per heavy atom. The number of urea groups is 1. The van der Waals surface area contributed by atoms with Crippen LogP contribution in [0.4, 0.5) is 4.79 Å². The first-order valence-corrected chi connectivity index (χ1v) is 8.07. The molecule has 7 nitrogen and oxygen atoms in total. The van der Waals surface area contributed by atoms with Gasteiger partial charge in [0.15, 0.2) is 11.5 Å². The van der Waals surface area contributed by atoms with Gasteiger partial charge < -0.3 is 19.7 Å². The molecule has 7 heteroatoms. The number of nitrogens with zero attached hydrogens (tertiary/aromatic N) is 3. The highest BCUT2D eigenvalue weighted by molar-refractivity contribution is 5.74. The molecule has 0 bridgehead atoms. The Kier molecular flexibility index (Phi) is 4.88. The minimum atomic E-state index is -0.0881. The first-order chi connectivity index (χ1) is 11.7. The number of amides is 2. The van der Waals surface area contributed by atoms with E-state index in [1.807, 2.05) is 44.3 Å². The maximum atomic E-state index is 12.5. The molecule has 1 N–H and O–H groups in total. The Labute approximate surface area is 141 Å². The van der Waals surface area contributed by atoms with E-state index in [2.05, 4.69) is 10.4 Å². The van der Waals surface area contributed by atoms with E-state index in [0.29, 0.717) is 19.6 Å². The molecule has 3 rings (SSSR count). The molecule has 1 aromatic heterocycles. The van der Waals surface area contributed by atoms with Crippen molar-refractivity contribution in [2.75, 3.05) is 13.3 Å². The maximum Gasteiger partial charge on any atom is 0.317 e. The zero-order valence-corrected chi connectivity index (χ0v) is 13.9. The second-order valence-corrected chi connectivity index (χ2v) is 5.78. The summed E-state index contributed by atoms with van der Waals surface area (Å²) in [6, 6.07) is 7.52. The highest BCUT2D eigenvalue weighted by atomic mass is 16.7. The Morgan fingerprint density at radius 1 is 1.42 bits per heavy atom. The summed E-state index contributed by atoms with van der Waals surface area (Å²) >= 11 is 0. The van der Waals surface area contributed by atoms with E-state index >= 15 is 0 Å². The van der Waals surface area contributed by atoms with Gasteiger partial charge in [-0.25, -0.2) is 4.79 Å². The molecule has 0 fully saturated rings. The normalized spacial score (nSPS) is 13.6. The second-order valence-electron chi connectivity index (χ2n) is 5.78. The zero-order chi connectivity index (χ0) is 16.9. The number of ether oxygens (including phenoxy) is 2. The van der Waals surface area contributed by atoms with Gasteiger partial charge in [0.2, 0.25) is 6.79 Å². The molecule has 1 atom stereocenters. The van der Waals surface area contributed by atoms with Crippen LogP contribution in [-0.4, -0.2) is 40.1 Å². The Bertz CT molecular complexity index is 687. The summed E-state index contributed by atoms with van der Waals surface area (Å²) in [4.78, 5) is 14.2. The molecule has 1 aliphatic heterocycles. The third-order valence-corrected chi connectivity index (χ3v) is 3.87. The van der Waals surface area contributed by atoms with Gasteiger partial charge in [-0.15, -0.1) is 0 Å². The molecule has 0 aliphatic carbocycles.